The Hall–Kier alpha value is -0.780. The Morgan fingerprint density at radius 3 is 3.00 bits per heavy atom. The minimum atomic E-state index is 0.802. The molecule has 1 atom stereocenters. The zero-order valence-electron chi connectivity index (χ0n) is 7.93. The average Bonchev–Trinajstić information content (AvgIpc) is 2.48. The molecule has 1 aromatic carbocycles. The van der Waals surface area contributed by atoms with E-state index in [1.807, 2.05) is 0 Å². The molecule has 0 bridgehead atoms. The smallest absolute Gasteiger partial charge is 0.0182 e. The summed E-state index contributed by atoms with van der Waals surface area (Å²) in [6, 6.07) is 6.77. The van der Waals surface area contributed by atoms with Crippen molar-refractivity contribution in [1.29, 1.82) is 0 Å². The van der Waals surface area contributed by atoms with Gasteiger partial charge in [0, 0.05) is 0 Å². The first kappa shape index (κ1) is 7.85. The molecule has 0 aliphatic heterocycles. The van der Waals surface area contributed by atoms with Crippen molar-refractivity contribution in [1.82, 2.24) is 0 Å². The second-order valence-corrected chi connectivity index (χ2v) is 3.78. The number of hydrogen-bond donors (Lipinski definition) is 0. The van der Waals surface area contributed by atoms with Gasteiger partial charge in [-0.25, -0.2) is 0 Å². The SMILES string of the molecule is CCc1cccc2c1C(C)CC2. The third kappa shape index (κ3) is 1.06. The maximum atomic E-state index is 2.35. The van der Waals surface area contributed by atoms with E-state index in [1.165, 1.54) is 19.3 Å². The third-order valence-electron chi connectivity index (χ3n) is 3.01. The summed E-state index contributed by atoms with van der Waals surface area (Å²) in [5.74, 6) is 0.802. The number of rotatable bonds is 1. The molecule has 1 aliphatic carbocycles. The first-order valence-electron chi connectivity index (χ1n) is 4.93. The molecule has 64 valence electrons. The summed E-state index contributed by atoms with van der Waals surface area (Å²) in [6.07, 6.45) is 3.84. The fraction of sp³-hybridized carbons (Fsp3) is 0.500. The van der Waals surface area contributed by atoms with Crippen LogP contribution in [0.15, 0.2) is 18.2 Å². The van der Waals surface area contributed by atoms with E-state index in [9.17, 15) is 0 Å². The highest BCUT2D eigenvalue weighted by Crippen LogP contribution is 2.35. The Balaban J connectivity index is 2.53. The summed E-state index contributed by atoms with van der Waals surface area (Å²) in [4.78, 5) is 0. The Labute approximate surface area is 74.6 Å². The summed E-state index contributed by atoms with van der Waals surface area (Å²) in [6.45, 7) is 4.60. The van der Waals surface area contributed by atoms with E-state index >= 15 is 0 Å². The number of benzene rings is 1. The summed E-state index contributed by atoms with van der Waals surface area (Å²) >= 11 is 0. The number of hydrogen-bond acceptors (Lipinski definition) is 0. The van der Waals surface area contributed by atoms with Gasteiger partial charge in [-0.2, -0.15) is 0 Å². The zero-order chi connectivity index (χ0) is 8.55. The highest BCUT2D eigenvalue weighted by Gasteiger charge is 2.20. The van der Waals surface area contributed by atoms with Crippen LogP contribution < -0.4 is 0 Å². The second-order valence-electron chi connectivity index (χ2n) is 3.78. The van der Waals surface area contributed by atoms with E-state index < -0.39 is 0 Å². The molecule has 2 rings (SSSR count). The molecule has 0 saturated heterocycles. The molecular formula is C12H16. The maximum Gasteiger partial charge on any atom is -0.0182 e. The van der Waals surface area contributed by atoms with E-state index in [0.717, 1.165) is 5.92 Å². The number of fused-ring (bicyclic) bond motifs is 1. The standard InChI is InChI=1S/C12H16/c1-3-10-5-4-6-11-8-7-9(2)12(10)11/h4-6,9H,3,7-8H2,1-2H3. The van der Waals surface area contributed by atoms with Gasteiger partial charge in [-0.15, -0.1) is 0 Å². The number of aryl methyl sites for hydroxylation is 2. The fourth-order valence-corrected chi connectivity index (χ4v) is 2.34. The molecule has 1 aromatic rings. The summed E-state index contributed by atoms with van der Waals surface area (Å²) in [5.41, 5.74) is 4.82. The van der Waals surface area contributed by atoms with Gasteiger partial charge >= 0.3 is 0 Å². The van der Waals surface area contributed by atoms with Gasteiger partial charge in [0.15, 0.2) is 0 Å². The minimum Gasteiger partial charge on any atom is -0.0617 e. The van der Waals surface area contributed by atoms with Crippen molar-refractivity contribution in [2.24, 2.45) is 0 Å². The van der Waals surface area contributed by atoms with Crippen LogP contribution in [0.2, 0.25) is 0 Å². The van der Waals surface area contributed by atoms with Crippen molar-refractivity contribution >= 4 is 0 Å². The van der Waals surface area contributed by atoms with Gasteiger partial charge in [0.25, 0.3) is 0 Å². The van der Waals surface area contributed by atoms with Gasteiger partial charge in [0.1, 0.15) is 0 Å². The van der Waals surface area contributed by atoms with Crippen LogP contribution in [0.3, 0.4) is 0 Å². The van der Waals surface area contributed by atoms with Crippen molar-refractivity contribution < 1.29 is 0 Å². The van der Waals surface area contributed by atoms with E-state index in [2.05, 4.69) is 32.0 Å². The molecule has 0 saturated carbocycles. The normalized spacial score (nSPS) is 21.0. The van der Waals surface area contributed by atoms with Crippen LogP contribution in [0.4, 0.5) is 0 Å². The molecule has 0 spiro atoms. The first-order valence-corrected chi connectivity index (χ1v) is 4.93. The Morgan fingerprint density at radius 1 is 1.42 bits per heavy atom. The molecule has 0 fully saturated rings. The van der Waals surface area contributed by atoms with Crippen LogP contribution in [0.5, 0.6) is 0 Å². The Bertz CT molecular complexity index is 286. The Morgan fingerprint density at radius 2 is 2.25 bits per heavy atom. The molecule has 0 radical (unpaired) electrons. The van der Waals surface area contributed by atoms with Gasteiger partial charge in [0.2, 0.25) is 0 Å². The van der Waals surface area contributed by atoms with Gasteiger partial charge in [-0.05, 0) is 41.9 Å². The topological polar surface area (TPSA) is 0 Å². The van der Waals surface area contributed by atoms with Crippen molar-refractivity contribution in [3.63, 3.8) is 0 Å². The van der Waals surface area contributed by atoms with Crippen molar-refractivity contribution in [3.05, 3.63) is 34.9 Å². The van der Waals surface area contributed by atoms with Crippen LogP contribution in [-0.2, 0) is 12.8 Å². The monoisotopic (exact) mass is 160 g/mol. The van der Waals surface area contributed by atoms with Crippen LogP contribution in [0.1, 0.15) is 42.9 Å². The molecular weight excluding hydrogens is 144 g/mol. The first-order chi connectivity index (χ1) is 5.83. The molecule has 0 nitrogen and oxygen atoms in total. The average molecular weight is 160 g/mol. The maximum absolute atomic E-state index is 2.35. The quantitative estimate of drug-likeness (QED) is 0.591. The van der Waals surface area contributed by atoms with E-state index in [1.54, 1.807) is 16.7 Å². The van der Waals surface area contributed by atoms with Gasteiger partial charge in [0.05, 0.1) is 0 Å². The molecule has 0 N–H and O–H groups in total. The van der Waals surface area contributed by atoms with Gasteiger partial charge in [-0.1, -0.05) is 32.0 Å². The van der Waals surface area contributed by atoms with Crippen molar-refractivity contribution in [3.8, 4) is 0 Å². The van der Waals surface area contributed by atoms with Crippen molar-refractivity contribution in [2.45, 2.75) is 39.0 Å². The molecule has 12 heavy (non-hydrogen) atoms. The summed E-state index contributed by atoms with van der Waals surface area (Å²) < 4.78 is 0. The van der Waals surface area contributed by atoms with Crippen LogP contribution in [0, 0.1) is 0 Å². The van der Waals surface area contributed by atoms with E-state index in [0.29, 0.717) is 0 Å². The molecule has 0 heteroatoms. The largest absolute Gasteiger partial charge is 0.0617 e. The summed E-state index contributed by atoms with van der Waals surface area (Å²) in [7, 11) is 0. The second kappa shape index (κ2) is 2.93. The zero-order valence-corrected chi connectivity index (χ0v) is 7.93. The molecule has 0 heterocycles. The highest BCUT2D eigenvalue weighted by molar-refractivity contribution is 5.41. The third-order valence-corrected chi connectivity index (χ3v) is 3.01. The molecule has 1 aliphatic rings. The lowest BCUT2D eigenvalue weighted by Gasteiger charge is -2.09. The lowest BCUT2D eigenvalue weighted by atomic mass is 9.96. The molecule has 1 unspecified atom stereocenters. The minimum absolute atomic E-state index is 0.802. The van der Waals surface area contributed by atoms with E-state index in [-0.39, 0.29) is 0 Å². The fourth-order valence-electron chi connectivity index (χ4n) is 2.34. The predicted octanol–water partition coefficient (Wildman–Crippen LogP) is 3.30. The molecule has 0 amide bonds. The van der Waals surface area contributed by atoms with Crippen molar-refractivity contribution in [2.75, 3.05) is 0 Å². The Kier molecular flexibility index (Phi) is 1.92. The lowest BCUT2D eigenvalue weighted by Crippen LogP contribution is -1.93. The van der Waals surface area contributed by atoms with Gasteiger partial charge in [-0.3, -0.25) is 0 Å². The highest BCUT2D eigenvalue weighted by atomic mass is 14.2. The van der Waals surface area contributed by atoms with Crippen LogP contribution >= 0.6 is 0 Å². The van der Waals surface area contributed by atoms with Crippen LogP contribution in [0.25, 0.3) is 0 Å². The summed E-state index contributed by atoms with van der Waals surface area (Å²) in [5, 5.41) is 0. The predicted molar refractivity (Wildman–Crippen MR) is 52.6 cm³/mol. The molecule has 0 aromatic heterocycles. The lowest BCUT2D eigenvalue weighted by molar-refractivity contribution is 0.741. The van der Waals surface area contributed by atoms with E-state index in [4.69, 9.17) is 0 Å². The van der Waals surface area contributed by atoms with Gasteiger partial charge < -0.3 is 0 Å². The van der Waals surface area contributed by atoms with Crippen LogP contribution in [-0.4, -0.2) is 0 Å².